The maximum absolute atomic E-state index is 12.2. The summed E-state index contributed by atoms with van der Waals surface area (Å²) in [6.07, 6.45) is 0. The van der Waals surface area contributed by atoms with Crippen molar-refractivity contribution in [1.29, 1.82) is 0 Å². The third-order valence-corrected chi connectivity index (χ3v) is 2.71. The number of non-ortho nitro benzene ring substituents is 1. The molecule has 0 amide bonds. The summed E-state index contributed by atoms with van der Waals surface area (Å²) < 4.78 is 0. The van der Waals surface area contributed by atoms with E-state index in [2.05, 4.69) is 0 Å². The summed E-state index contributed by atoms with van der Waals surface area (Å²) >= 11 is 0. The zero-order valence-corrected chi connectivity index (χ0v) is 9.79. The highest BCUT2D eigenvalue weighted by Gasteiger charge is 2.15. The number of ketones is 1. The van der Waals surface area contributed by atoms with Gasteiger partial charge in [0.25, 0.3) is 5.69 Å². The highest BCUT2D eigenvalue weighted by atomic mass is 16.6. The number of nitro benzene ring substituents is 1. The Balaban J connectivity index is 2.48. The van der Waals surface area contributed by atoms with Crippen molar-refractivity contribution in [3.8, 4) is 0 Å². The highest BCUT2D eigenvalue weighted by molar-refractivity contribution is 6.10. The Morgan fingerprint density at radius 2 is 1.78 bits per heavy atom. The van der Waals surface area contributed by atoms with Gasteiger partial charge in [-0.05, 0) is 12.5 Å². The molecular formula is C14H11NO3. The number of rotatable bonds is 3. The predicted octanol–water partition coefficient (Wildman–Crippen LogP) is 3.13. The lowest BCUT2D eigenvalue weighted by atomic mass is 9.98. The van der Waals surface area contributed by atoms with Crippen LogP contribution >= 0.6 is 0 Å². The maximum atomic E-state index is 12.2. The van der Waals surface area contributed by atoms with Gasteiger partial charge in [-0.2, -0.15) is 0 Å². The van der Waals surface area contributed by atoms with E-state index < -0.39 is 4.92 Å². The van der Waals surface area contributed by atoms with E-state index >= 15 is 0 Å². The molecule has 0 aromatic heterocycles. The first-order valence-electron chi connectivity index (χ1n) is 5.44. The van der Waals surface area contributed by atoms with Crippen LogP contribution in [0.4, 0.5) is 5.69 Å². The van der Waals surface area contributed by atoms with E-state index in [1.807, 2.05) is 6.07 Å². The molecule has 0 saturated carbocycles. The summed E-state index contributed by atoms with van der Waals surface area (Å²) in [5.74, 6) is -0.197. The fourth-order valence-corrected chi connectivity index (χ4v) is 1.71. The Bertz CT molecular complexity index is 606. The fraction of sp³-hybridized carbons (Fsp3) is 0.0714. The van der Waals surface area contributed by atoms with Crippen LogP contribution in [0.2, 0.25) is 0 Å². The molecule has 0 unspecified atom stereocenters. The van der Waals surface area contributed by atoms with E-state index in [0.29, 0.717) is 11.1 Å². The standard InChI is InChI=1S/C14H11NO3/c1-10-7-8-12(15(17)18)9-13(10)14(16)11-5-3-2-4-6-11/h2-9H,1H3. The number of carbonyl (C=O) groups excluding carboxylic acids is 1. The third kappa shape index (κ3) is 2.27. The van der Waals surface area contributed by atoms with Crippen LogP contribution < -0.4 is 0 Å². The molecule has 2 rings (SSSR count). The Kier molecular flexibility index (Phi) is 3.19. The summed E-state index contributed by atoms with van der Waals surface area (Å²) in [4.78, 5) is 22.4. The molecule has 0 aliphatic heterocycles. The molecule has 2 aromatic carbocycles. The number of hydrogen-bond acceptors (Lipinski definition) is 3. The number of aryl methyl sites for hydroxylation is 1. The SMILES string of the molecule is Cc1ccc([N+](=O)[O-])cc1C(=O)c1ccccc1. The molecule has 2 aromatic rings. The van der Waals surface area contributed by atoms with Gasteiger partial charge >= 0.3 is 0 Å². The molecule has 0 bridgehead atoms. The quantitative estimate of drug-likeness (QED) is 0.471. The van der Waals surface area contributed by atoms with E-state index in [1.54, 1.807) is 37.3 Å². The zero-order valence-electron chi connectivity index (χ0n) is 9.79. The summed E-state index contributed by atoms with van der Waals surface area (Å²) in [5.41, 5.74) is 1.56. The number of benzene rings is 2. The largest absolute Gasteiger partial charge is 0.289 e. The summed E-state index contributed by atoms with van der Waals surface area (Å²) in [6.45, 7) is 1.76. The molecule has 0 radical (unpaired) electrons. The number of nitrogens with zero attached hydrogens (tertiary/aromatic N) is 1. The van der Waals surface area contributed by atoms with Crippen LogP contribution in [0.3, 0.4) is 0 Å². The van der Waals surface area contributed by atoms with E-state index in [1.165, 1.54) is 12.1 Å². The van der Waals surface area contributed by atoms with Crippen LogP contribution in [-0.4, -0.2) is 10.7 Å². The topological polar surface area (TPSA) is 60.2 Å². The second kappa shape index (κ2) is 4.79. The molecule has 0 aliphatic carbocycles. The first-order valence-corrected chi connectivity index (χ1v) is 5.44. The number of hydrogen-bond donors (Lipinski definition) is 0. The van der Waals surface area contributed by atoms with Gasteiger partial charge in [0.05, 0.1) is 4.92 Å². The lowest BCUT2D eigenvalue weighted by molar-refractivity contribution is -0.384. The lowest BCUT2D eigenvalue weighted by Gasteiger charge is -2.04. The molecule has 18 heavy (non-hydrogen) atoms. The van der Waals surface area contributed by atoms with Crippen molar-refractivity contribution in [2.45, 2.75) is 6.92 Å². The third-order valence-electron chi connectivity index (χ3n) is 2.71. The smallest absolute Gasteiger partial charge is 0.270 e. The van der Waals surface area contributed by atoms with Crippen LogP contribution in [0.5, 0.6) is 0 Å². The van der Waals surface area contributed by atoms with Crippen molar-refractivity contribution < 1.29 is 9.72 Å². The second-order valence-corrected chi connectivity index (χ2v) is 3.95. The molecule has 0 spiro atoms. The Morgan fingerprint density at radius 1 is 1.11 bits per heavy atom. The van der Waals surface area contributed by atoms with Gasteiger partial charge in [0, 0.05) is 23.3 Å². The Labute approximate surface area is 104 Å². The summed E-state index contributed by atoms with van der Waals surface area (Å²) in [5, 5.41) is 10.7. The number of carbonyl (C=O) groups is 1. The fourth-order valence-electron chi connectivity index (χ4n) is 1.71. The average Bonchev–Trinajstić information content (AvgIpc) is 2.39. The van der Waals surface area contributed by atoms with Crippen molar-refractivity contribution in [3.05, 3.63) is 75.3 Å². The van der Waals surface area contributed by atoms with E-state index in [9.17, 15) is 14.9 Å². The molecule has 0 heterocycles. The predicted molar refractivity (Wildman–Crippen MR) is 67.7 cm³/mol. The van der Waals surface area contributed by atoms with Crippen molar-refractivity contribution in [2.24, 2.45) is 0 Å². The minimum Gasteiger partial charge on any atom is -0.289 e. The van der Waals surface area contributed by atoms with Gasteiger partial charge in [0.15, 0.2) is 5.78 Å². The van der Waals surface area contributed by atoms with Crippen molar-refractivity contribution in [3.63, 3.8) is 0 Å². The molecule has 90 valence electrons. The van der Waals surface area contributed by atoms with Gasteiger partial charge in [0.1, 0.15) is 0 Å². The zero-order chi connectivity index (χ0) is 13.1. The molecule has 0 N–H and O–H groups in total. The van der Waals surface area contributed by atoms with Crippen LogP contribution in [0.1, 0.15) is 21.5 Å². The Morgan fingerprint density at radius 3 is 2.39 bits per heavy atom. The van der Waals surface area contributed by atoms with Gasteiger partial charge in [-0.3, -0.25) is 14.9 Å². The van der Waals surface area contributed by atoms with Crippen LogP contribution in [-0.2, 0) is 0 Å². The molecule has 0 saturated heterocycles. The number of nitro groups is 1. The van der Waals surface area contributed by atoms with Gasteiger partial charge in [0.2, 0.25) is 0 Å². The summed E-state index contributed by atoms with van der Waals surface area (Å²) in [6, 6.07) is 13.0. The highest BCUT2D eigenvalue weighted by Crippen LogP contribution is 2.20. The van der Waals surface area contributed by atoms with Crippen molar-refractivity contribution in [1.82, 2.24) is 0 Å². The van der Waals surface area contributed by atoms with Crippen molar-refractivity contribution in [2.75, 3.05) is 0 Å². The monoisotopic (exact) mass is 241 g/mol. The lowest BCUT2D eigenvalue weighted by Crippen LogP contribution is -2.04. The van der Waals surface area contributed by atoms with E-state index in [-0.39, 0.29) is 11.5 Å². The van der Waals surface area contributed by atoms with Crippen LogP contribution in [0.15, 0.2) is 48.5 Å². The molecule has 0 aliphatic rings. The van der Waals surface area contributed by atoms with E-state index in [0.717, 1.165) is 5.56 Å². The first-order chi connectivity index (χ1) is 8.59. The minimum absolute atomic E-state index is 0.0696. The first kappa shape index (κ1) is 12.0. The van der Waals surface area contributed by atoms with Crippen molar-refractivity contribution >= 4 is 11.5 Å². The molecule has 0 fully saturated rings. The van der Waals surface area contributed by atoms with E-state index in [4.69, 9.17) is 0 Å². The van der Waals surface area contributed by atoms with Gasteiger partial charge in [-0.25, -0.2) is 0 Å². The Hall–Kier alpha value is -2.49. The van der Waals surface area contributed by atoms with Gasteiger partial charge < -0.3 is 0 Å². The minimum atomic E-state index is -0.499. The van der Waals surface area contributed by atoms with Gasteiger partial charge in [-0.15, -0.1) is 0 Å². The van der Waals surface area contributed by atoms with Crippen LogP contribution in [0.25, 0.3) is 0 Å². The average molecular weight is 241 g/mol. The molecule has 4 nitrogen and oxygen atoms in total. The molecule has 0 atom stereocenters. The van der Waals surface area contributed by atoms with Gasteiger partial charge in [-0.1, -0.05) is 36.4 Å². The molecule has 4 heteroatoms. The maximum Gasteiger partial charge on any atom is 0.270 e. The normalized spacial score (nSPS) is 10.1. The molecular weight excluding hydrogens is 230 g/mol. The van der Waals surface area contributed by atoms with Crippen LogP contribution in [0, 0.1) is 17.0 Å². The summed E-state index contributed by atoms with van der Waals surface area (Å²) in [7, 11) is 0. The second-order valence-electron chi connectivity index (χ2n) is 3.95.